The predicted octanol–water partition coefficient (Wildman–Crippen LogP) is 1.39. The highest BCUT2D eigenvalue weighted by atomic mass is 35.5. The van der Waals surface area contributed by atoms with E-state index in [0.29, 0.717) is 10.6 Å². The van der Waals surface area contributed by atoms with Crippen molar-refractivity contribution in [3.63, 3.8) is 0 Å². The van der Waals surface area contributed by atoms with Gasteiger partial charge in [0.15, 0.2) is 0 Å². The van der Waals surface area contributed by atoms with Gasteiger partial charge in [-0.1, -0.05) is 23.7 Å². The molecule has 4 amide bonds. The maximum absolute atomic E-state index is 12.6. The Bertz CT molecular complexity index is 642. The van der Waals surface area contributed by atoms with Crippen LogP contribution in [0.1, 0.15) is 25.3 Å². The minimum absolute atomic E-state index is 0.191. The van der Waals surface area contributed by atoms with Crippen LogP contribution in [0.4, 0.5) is 4.79 Å². The fraction of sp³-hybridized carbons (Fsp3) is 0.400. The summed E-state index contributed by atoms with van der Waals surface area (Å²) in [5.74, 6) is -0.753. The highest BCUT2D eigenvalue weighted by Crippen LogP contribution is 2.29. The number of urea groups is 1. The summed E-state index contributed by atoms with van der Waals surface area (Å²) >= 11 is 5.85. The zero-order chi connectivity index (χ0) is 15.9. The van der Waals surface area contributed by atoms with Crippen LogP contribution in [0.3, 0.4) is 0 Å². The Balaban J connectivity index is 1.77. The molecule has 1 saturated heterocycles. The minimum atomic E-state index is -1.18. The van der Waals surface area contributed by atoms with Crippen LogP contribution in [0.15, 0.2) is 24.3 Å². The Kier molecular flexibility index (Phi) is 3.56. The molecule has 2 fully saturated rings. The number of imide groups is 1. The van der Waals surface area contributed by atoms with Gasteiger partial charge in [-0.25, -0.2) is 4.79 Å². The predicted molar refractivity (Wildman–Crippen MR) is 80.2 cm³/mol. The molecular formula is C15H16ClN3O3. The van der Waals surface area contributed by atoms with Gasteiger partial charge in [-0.05, 0) is 37.5 Å². The smallest absolute Gasteiger partial charge is 0.325 e. The first kappa shape index (κ1) is 14.8. The van der Waals surface area contributed by atoms with Crippen LogP contribution in [0.2, 0.25) is 5.02 Å². The molecule has 0 spiro atoms. The van der Waals surface area contributed by atoms with Gasteiger partial charge in [0, 0.05) is 11.1 Å². The second-order valence-corrected chi connectivity index (χ2v) is 6.23. The Labute approximate surface area is 132 Å². The van der Waals surface area contributed by atoms with Crippen molar-refractivity contribution in [3.05, 3.63) is 34.9 Å². The number of nitrogens with one attached hydrogen (secondary N) is 2. The van der Waals surface area contributed by atoms with E-state index in [4.69, 9.17) is 11.6 Å². The molecule has 7 heteroatoms. The fourth-order valence-electron chi connectivity index (χ4n) is 2.46. The lowest BCUT2D eigenvalue weighted by molar-refractivity contribution is -0.134. The lowest BCUT2D eigenvalue weighted by atomic mass is 9.92. The standard InChI is InChI=1S/C15H16ClN3O3/c1-15(9-2-4-10(16)5-3-9)13(21)19(14(22)18-15)8-12(20)17-11-6-7-11/h2-5,11H,6-8H2,1H3,(H,17,20)(H,18,22)/t15-/m1/s1. The topological polar surface area (TPSA) is 78.5 Å². The molecule has 116 valence electrons. The summed E-state index contributed by atoms with van der Waals surface area (Å²) in [6.07, 6.45) is 1.91. The molecule has 0 bridgehead atoms. The average Bonchev–Trinajstić information content (AvgIpc) is 3.24. The summed E-state index contributed by atoms with van der Waals surface area (Å²) in [7, 11) is 0. The summed E-state index contributed by atoms with van der Waals surface area (Å²) in [4.78, 5) is 37.4. The number of amides is 4. The lowest BCUT2D eigenvalue weighted by Gasteiger charge is -2.22. The number of benzene rings is 1. The SMILES string of the molecule is C[C@]1(c2ccc(Cl)cc2)NC(=O)N(CC(=O)NC2CC2)C1=O. The molecule has 2 N–H and O–H groups in total. The molecule has 0 aromatic heterocycles. The van der Waals surface area contributed by atoms with Crippen LogP contribution in [-0.2, 0) is 15.1 Å². The molecule has 0 radical (unpaired) electrons. The number of hydrogen-bond acceptors (Lipinski definition) is 3. The van der Waals surface area contributed by atoms with Gasteiger partial charge < -0.3 is 10.6 Å². The van der Waals surface area contributed by atoms with Crippen LogP contribution in [0.5, 0.6) is 0 Å². The number of nitrogens with zero attached hydrogens (tertiary/aromatic N) is 1. The molecular weight excluding hydrogens is 306 g/mol. The number of hydrogen-bond donors (Lipinski definition) is 2. The van der Waals surface area contributed by atoms with E-state index in [0.717, 1.165) is 17.7 Å². The van der Waals surface area contributed by atoms with E-state index in [9.17, 15) is 14.4 Å². The third-order valence-electron chi connectivity index (χ3n) is 3.94. The van der Waals surface area contributed by atoms with Gasteiger partial charge in [-0.15, -0.1) is 0 Å². The minimum Gasteiger partial charge on any atom is -0.352 e. The van der Waals surface area contributed by atoms with Crippen molar-refractivity contribution in [2.45, 2.75) is 31.3 Å². The van der Waals surface area contributed by atoms with Gasteiger partial charge >= 0.3 is 6.03 Å². The number of carbonyl (C=O) groups is 3. The van der Waals surface area contributed by atoms with E-state index >= 15 is 0 Å². The van der Waals surface area contributed by atoms with Crippen LogP contribution < -0.4 is 10.6 Å². The summed E-state index contributed by atoms with van der Waals surface area (Å²) in [6, 6.07) is 6.32. The lowest BCUT2D eigenvalue weighted by Crippen LogP contribution is -2.43. The van der Waals surface area contributed by atoms with Gasteiger partial charge in [0.25, 0.3) is 5.91 Å². The molecule has 0 unspecified atom stereocenters. The molecule has 22 heavy (non-hydrogen) atoms. The van der Waals surface area contributed by atoms with Crippen molar-refractivity contribution in [1.29, 1.82) is 0 Å². The molecule has 2 aliphatic rings. The average molecular weight is 322 g/mol. The first-order valence-corrected chi connectivity index (χ1v) is 7.47. The molecule has 1 heterocycles. The third kappa shape index (κ3) is 2.66. The van der Waals surface area contributed by atoms with E-state index in [1.165, 1.54) is 0 Å². The van der Waals surface area contributed by atoms with Crippen molar-refractivity contribution in [2.24, 2.45) is 0 Å². The van der Waals surface area contributed by atoms with Crippen molar-refractivity contribution in [2.75, 3.05) is 6.54 Å². The monoisotopic (exact) mass is 321 g/mol. The van der Waals surface area contributed by atoms with Crippen molar-refractivity contribution in [1.82, 2.24) is 15.5 Å². The zero-order valence-corrected chi connectivity index (χ0v) is 12.8. The highest BCUT2D eigenvalue weighted by molar-refractivity contribution is 6.30. The Morgan fingerprint density at radius 3 is 2.59 bits per heavy atom. The summed E-state index contributed by atoms with van der Waals surface area (Å²) in [5.41, 5.74) is -0.554. The van der Waals surface area contributed by atoms with Crippen LogP contribution >= 0.6 is 11.6 Å². The van der Waals surface area contributed by atoms with E-state index < -0.39 is 17.5 Å². The summed E-state index contributed by atoms with van der Waals surface area (Å²) in [5, 5.41) is 5.97. The number of rotatable bonds is 4. The molecule has 1 aliphatic carbocycles. The van der Waals surface area contributed by atoms with Crippen molar-refractivity contribution in [3.8, 4) is 0 Å². The van der Waals surface area contributed by atoms with Crippen LogP contribution in [0, 0.1) is 0 Å². The van der Waals surface area contributed by atoms with Gasteiger partial charge in [-0.2, -0.15) is 0 Å². The molecule has 3 rings (SSSR count). The molecule has 1 aromatic carbocycles. The summed E-state index contributed by atoms with van der Waals surface area (Å²) in [6.45, 7) is 1.36. The molecule has 1 aliphatic heterocycles. The maximum atomic E-state index is 12.6. The van der Waals surface area contributed by atoms with Crippen LogP contribution in [-0.4, -0.2) is 35.3 Å². The van der Waals surface area contributed by atoms with Crippen molar-refractivity contribution < 1.29 is 14.4 Å². The fourth-order valence-corrected chi connectivity index (χ4v) is 2.59. The van der Waals surface area contributed by atoms with Gasteiger partial charge in [0.05, 0.1) is 0 Å². The first-order valence-electron chi connectivity index (χ1n) is 7.09. The van der Waals surface area contributed by atoms with Crippen molar-refractivity contribution >= 4 is 29.4 Å². The normalized spacial score (nSPS) is 24.4. The maximum Gasteiger partial charge on any atom is 0.325 e. The zero-order valence-electron chi connectivity index (χ0n) is 12.1. The number of halogens is 1. The largest absolute Gasteiger partial charge is 0.352 e. The second-order valence-electron chi connectivity index (χ2n) is 5.80. The first-order chi connectivity index (χ1) is 10.4. The van der Waals surface area contributed by atoms with Crippen LogP contribution in [0.25, 0.3) is 0 Å². The van der Waals surface area contributed by atoms with E-state index in [-0.39, 0.29) is 18.5 Å². The van der Waals surface area contributed by atoms with E-state index in [2.05, 4.69) is 10.6 Å². The Morgan fingerprint density at radius 2 is 2.00 bits per heavy atom. The molecule has 6 nitrogen and oxygen atoms in total. The summed E-state index contributed by atoms with van der Waals surface area (Å²) < 4.78 is 0. The second kappa shape index (κ2) is 5.28. The van der Waals surface area contributed by atoms with Gasteiger partial charge in [0.2, 0.25) is 5.91 Å². The molecule has 1 saturated carbocycles. The Hall–Kier alpha value is -2.08. The van der Waals surface area contributed by atoms with E-state index in [1.807, 2.05) is 0 Å². The molecule has 1 aromatic rings. The van der Waals surface area contributed by atoms with Gasteiger partial charge in [-0.3, -0.25) is 14.5 Å². The van der Waals surface area contributed by atoms with Gasteiger partial charge in [0.1, 0.15) is 12.1 Å². The quantitative estimate of drug-likeness (QED) is 0.822. The number of carbonyl (C=O) groups excluding carboxylic acids is 3. The highest BCUT2D eigenvalue weighted by Gasteiger charge is 2.49. The Morgan fingerprint density at radius 1 is 1.36 bits per heavy atom. The molecule has 1 atom stereocenters. The third-order valence-corrected chi connectivity index (χ3v) is 4.19. The van der Waals surface area contributed by atoms with E-state index in [1.54, 1.807) is 31.2 Å².